The number of aryl methyl sites for hydroxylation is 1. The number of fused-ring (bicyclic) bond motifs is 1. The van der Waals surface area contributed by atoms with E-state index in [1.54, 1.807) is 17.1 Å². The Kier molecular flexibility index (Phi) is 6.37. The van der Waals surface area contributed by atoms with E-state index in [0.717, 1.165) is 47.2 Å². The second kappa shape index (κ2) is 9.75. The Morgan fingerprint density at radius 1 is 1.06 bits per heavy atom. The van der Waals surface area contributed by atoms with Crippen molar-refractivity contribution < 1.29 is 9.59 Å². The number of carbonyl (C=O) groups is 2. The fourth-order valence-electron chi connectivity index (χ4n) is 4.52. The fourth-order valence-corrected chi connectivity index (χ4v) is 5.61. The van der Waals surface area contributed by atoms with Crippen LogP contribution in [-0.2, 0) is 7.05 Å². The van der Waals surface area contributed by atoms with E-state index in [1.807, 2.05) is 49.0 Å². The summed E-state index contributed by atoms with van der Waals surface area (Å²) in [6.45, 7) is 0. The van der Waals surface area contributed by atoms with Crippen molar-refractivity contribution in [3.05, 3.63) is 59.9 Å². The zero-order valence-electron chi connectivity index (χ0n) is 19.3. The Bertz CT molecular complexity index is 1360. The van der Waals surface area contributed by atoms with Gasteiger partial charge in [-0.25, -0.2) is 9.78 Å². The summed E-state index contributed by atoms with van der Waals surface area (Å²) in [4.78, 5) is 29.8. The molecule has 5 rings (SSSR count). The predicted molar refractivity (Wildman–Crippen MR) is 138 cm³/mol. The van der Waals surface area contributed by atoms with E-state index in [1.165, 1.54) is 11.3 Å². The zero-order valence-corrected chi connectivity index (χ0v) is 20.1. The van der Waals surface area contributed by atoms with Crippen LogP contribution in [-0.4, -0.2) is 38.8 Å². The summed E-state index contributed by atoms with van der Waals surface area (Å²) in [6, 6.07) is 9.28. The summed E-state index contributed by atoms with van der Waals surface area (Å²) in [7, 11) is 1.86. The van der Waals surface area contributed by atoms with Gasteiger partial charge in [0.05, 0.1) is 11.8 Å². The van der Waals surface area contributed by atoms with Crippen LogP contribution in [0.3, 0.4) is 0 Å². The minimum atomic E-state index is -0.208. The number of para-hydroxylation sites is 1. The Morgan fingerprint density at radius 3 is 2.46 bits per heavy atom. The number of nitrogen functional groups attached to an aromatic ring is 1. The molecule has 3 amide bonds. The maximum absolute atomic E-state index is 13.2. The number of hydrogen-bond acceptors (Lipinski definition) is 6. The molecule has 0 saturated heterocycles. The predicted octanol–water partition coefficient (Wildman–Crippen LogP) is 4.14. The van der Waals surface area contributed by atoms with Crippen LogP contribution in [0.15, 0.2) is 54.3 Å². The quantitative estimate of drug-likeness (QED) is 0.335. The molecule has 1 aromatic carbocycles. The maximum Gasteiger partial charge on any atom is 0.319 e. The molecule has 0 spiro atoms. The van der Waals surface area contributed by atoms with Gasteiger partial charge in [0.25, 0.3) is 5.91 Å². The standard InChI is InChI=1S/C25H27N7O2S/c1-32-13-15(11-28-32)19-12-27-23(26)21-20(14-35-22(19)21)24(33)29-17-7-9-18(10-8-17)31-25(34)30-16-5-3-2-4-6-16/h2-6,11-14,17-18H,7-10H2,1H3,(H2,26,27)(H,29,33)(H2,30,31,34)/t17-,18+. The SMILES string of the molecule is Cn1cc(-c2cnc(N)c3c(C(=O)N[C@H]4CC[C@@H](NC(=O)Nc5ccccc5)CC4)csc23)cn1. The smallest absolute Gasteiger partial charge is 0.319 e. The van der Waals surface area contributed by atoms with Gasteiger partial charge in [-0.15, -0.1) is 11.3 Å². The third-order valence-corrected chi connectivity index (χ3v) is 7.33. The summed E-state index contributed by atoms with van der Waals surface area (Å²) in [5, 5.41) is 15.8. The van der Waals surface area contributed by atoms with Crippen molar-refractivity contribution in [1.29, 1.82) is 0 Å². The summed E-state index contributed by atoms with van der Waals surface area (Å²) in [5.74, 6) is 0.197. The number of hydrogen-bond donors (Lipinski definition) is 4. The summed E-state index contributed by atoms with van der Waals surface area (Å²) in [5.41, 5.74) is 9.34. The van der Waals surface area contributed by atoms with Crippen molar-refractivity contribution in [3.8, 4) is 11.1 Å². The number of thiophene rings is 1. The van der Waals surface area contributed by atoms with Crippen LogP contribution in [0.1, 0.15) is 36.0 Å². The second-order valence-corrected chi connectivity index (χ2v) is 9.68. The third kappa shape index (κ3) is 4.97. The van der Waals surface area contributed by atoms with Crippen molar-refractivity contribution in [3.63, 3.8) is 0 Å². The maximum atomic E-state index is 13.2. The first kappa shape index (κ1) is 22.9. The summed E-state index contributed by atoms with van der Waals surface area (Å²) >= 11 is 1.48. The largest absolute Gasteiger partial charge is 0.383 e. The topological polar surface area (TPSA) is 127 Å². The number of carbonyl (C=O) groups excluding carboxylic acids is 2. The van der Waals surface area contributed by atoms with Gasteiger partial charge in [0, 0.05) is 63.8 Å². The van der Waals surface area contributed by atoms with Crippen molar-refractivity contribution in [2.24, 2.45) is 7.05 Å². The molecule has 0 bridgehead atoms. The number of nitrogens with two attached hydrogens (primary N) is 1. The number of pyridine rings is 1. The highest BCUT2D eigenvalue weighted by Crippen LogP contribution is 2.37. The van der Waals surface area contributed by atoms with Crippen LogP contribution >= 0.6 is 11.3 Å². The van der Waals surface area contributed by atoms with Crippen molar-refractivity contribution in [1.82, 2.24) is 25.4 Å². The van der Waals surface area contributed by atoms with Gasteiger partial charge in [-0.1, -0.05) is 18.2 Å². The number of nitrogens with zero attached hydrogens (tertiary/aromatic N) is 3. The van der Waals surface area contributed by atoms with Crippen LogP contribution in [0.4, 0.5) is 16.3 Å². The first-order valence-electron chi connectivity index (χ1n) is 11.6. The lowest BCUT2D eigenvalue weighted by molar-refractivity contribution is 0.0926. The number of anilines is 2. The van der Waals surface area contributed by atoms with Gasteiger partial charge in [0.1, 0.15) is 5.82 Å². The number of urea groups is 1. The van der Waals surface area contributed by atoms with Crippen LogP contribution in [0.2, 0.25) is 0 Å². The number of benzene rings is 1. The Labute approximate surface area is 206 Å². The van der Waals surface area contributed by atoms with E-state index < -0.39 is 0 Å². The Balaban J connectivity index is 1.21. The lowest BCUT2D eigenvalue weighted by Crippen LogP contribution is -2.44. The average Bonchev–Trinajstić information content (AvgIpc) is 3.49. The highest BCUT2D eigenvalue weighted by molar-refractivity contribution is 7.18. The van der Waals surface area contributed by atoms with Crippen molar-refractivity contribution >= 4 is 44.9 Å². The normalized spacial score (nSPS) is 17.7. The molecule has 3 aromatic heterocycles. The molecule has 0 atom stereocenters. The highest BCUT2D eigenvalue weighted by Gasteiger charge is 2.26. The molecule has 9 nitrogen and oxygen atoms in total. The minimum Gasteiger partial charge on any atom is -0.383 e. The molecule has 0 unspecified atom stereocenters. The van der Waals surface area contributed by atoms with E-state index in [4.69, 9.17) is 5.73 Å². The number of rotatable bonds is 5. The number of amides is 3. The Morgan fingerprint density at radius 2 is 1.77 bits per heavy atom. The van der Waals surface area contributed by atoms with Gasteiger partial charge < -0.3 is 21.7 Å². The van der Waals surface area contributed by atoms with E-state index >= 15 is 0 Å². The zero-order chi connectivity index (χ0) is 24.4. The molecule has 1 fully saturated rings. The molecule has 3 heterocycles. The molecule has 0 radical (unpaired) electrons. The third-order valence-electron chi connectivity index (χ3n) is 6.31. The van der Waals surface area contributed by atoms with E-state index in [-0.39, 0.29) is 24.0 Å². The van der Waals surface area contributed by atoms with Gasteiger partial charge in [-0.3, -0.25) is 9.48 Å². The van der Waals surface area contributed by atoms with Crippen molar-refractivity contribution in [2.75, 3.05) is 11.1 Å². The molecule has 5 N–H and O–H groups in total. The molecule has 0 aliphatic heterocycles. The number of nitrogens with one attached hydrogen (secondary N) is 3. The van der Waals surface area contributed by atoms with Gasteiger partial charge >= 0.3 is 6.03 Å². The second-order valence-electron chi connectivity index (χ2n) is 8.80. The molecule has 35 heavy (non-hydrogen) atoms. The average molecular weight is 490 g/mol. The summed E-state index contributed by atoms with van der Waals surface area (Å²) in [6.07, 6.45) is 8.60. The molecule has 180 valence electrons. The molecule has 1 aliphatic rings. The first-order valence-corrected chi connectivity index (χ1v) is 12.4. The highest BCUT2D eigenvalue weighted by atomic mass is 32.1. The Hall–Kier alpha value is -3.92. The minimum absolute atomic E-state index is 0.0448. The molecule has 4 aromatic rings. The van der Waals surface area contributed by atoms with E-state index in [0.29, 0.717) is 16.8 Å². The van der Waals surface area contributed by atoms with E-state index in [9.17, 15) is 9.59 Å². The number of aromatic nitrogens is 3. The van der Waals surface area contributed by atoms with Gasteiger partial charge in [-0.05, 0) is 37.8 Å². The molecular weight excluding hydrogens is 462 g/mol. The van der Waals surface area contributed by atoms with Crippen LogP contribution in [0.25, 0.3) is 21.2 Å². The molecular formula is C25H27N7O2S. The van der Waals surface area contributed by atoms with Gasteiger partial charge in [0.2, 0.25) is 0 Å². The first-order chi connectivity index (χ1) is 17.0. The van der Waals surface area contributed by atoms with Gasteiger partial charge in [0.15, 0.2) is 0 Å². The molecule has 1 saturated carbocycles. The molecule has 1 aliphatic carbocycles. The van der Waals surface area contributed by atoms with Crippen LogP contribution in [0.5, 0.6) is 0 Å². The van der Waals surface area contributed by atoms with E-state index in [2.05, 4.69) is 26.0 Å². The monoisotopic (exact) mass is 489 g/mol. The van der Waals surface area contributed by atoms with Crippen molar-refractivity contribution in [2.45, 2.75) is 37.8 Å². The molecule has 10 heteroatoms. The summed E-state index contributed by atoms with van der Waals surface area (Å²) < 4.78 is 2.66. The van der Waals surface area contributed by atoms with Crippen LogP contribution in [0, 0.1) is 0 Å². The lowest BCUT2D eigenvalue weighted by Gasteiger charge is -2.29. The lowest BCUT2D eigenvalue weighted by atomic mass is 9.91. The van der Waals surface area contributed by atoms with Crippen LogP contribution < -0.4 is 21.7 Å². The fraction of sp³-hybridized carbons (Fsp3) is 0.280. The van der Waals surface area contributed by atoms with Gasteiger partial charge in [-0.2, -0.15) is 5.10 Å².